The van der Waals surface area contributed by atoms with Crippen LogP contribution in [0, 0.1) is 5.92 Å². The van der Waals surface area contributed by atoms with E-state index in [0.717, 1.165) is 11.3 Å². The highest BCUT2D eigenvalue weighted by Crippen LogP contribution is 2.35. The van der Waals surface area contributed by atoms with Crippen molar-refractivity contribution in [2.24, 2.45) is 5.92 Å². The fraction of sp³-hybridized carbons (Fsp3) is 0.700. The van der Waals surface area contributed by atoms with Gasteiger partial charge in [0.25, 0.3) is 5.19 Å². The molecule has 1 aromatic heterocycles. The van der Waals surface area contributed by atoms with Gasteiger partial charge in [-0.2, -0.15) is 13.2 Å². The molecule has 8 heteroatoms. The van der Waals surface area contributed by atoms with Crippen LogP contribution in [0.15, 0.2) is 9.98 Å². The summed E-state index contributed by atoms with van der Waals surface area (Å²) in [7, 11) is 0. The number of alkyl halides is 3. The monoisotopic (exact) mass is 344 g/mol. The summed E-state index contributed by atoms with van der Waals surface area (Å²) in [5.74, 6) is -0.506. The quantitative estimate of drug-likeness (QED) is 0.914. The molecule has 0 saturated carbocycles. The summed E-state index contributed by atoms with van der Waals surface area (Å²) >= 11 is 4.22. The van der Waals surface area contributed by atoms with Crippen LogP contribution in [0.25, 0.3) is 0 Å². The molecule has 1 N–H and O–H groups in total. The van der Waals surface area contributed by atoms with E-state index in [1.54, 1.807) is 0 Å². The minimum Gasteiger partial charge on any atom is -0.457 e. The number of halogens is 4. The summed E-state index contributed by atoms with van der Waals surface area (Å²) in [6.07, 6.45) is -3.75. The largest absolute Gasteiger partial charge is 0.457 e. The van der Waals surface area contributed by atoms with Crippen LogP contribution in [0.5, 0.6) is 5.19 Å². The average Bonchev–Trinajstić information content (AvgIpc) is 2.72. The van der Waals surface area contributed by atoms with Crippen molar-refractivity contribution < 1.29 is 17.9 Å². The molecule has 1 unspecified atom stereocenters. The van der Waals surface area contributed by atoms with Crippen molar-refractivity contribution >= 4 is 27.3 Å². The third-order valence-corrected chi connectivity index (χ3v) is 4.19. The fourth-order valence-electron chi connectivity index (χ4n) is 1.98. The predicted molar refractivity (Wildman–Crippen MR) is 65.9 cm³/mol. The van der Waals surface area contributed by atoms with Gasteiger partial charge in [-0.15, -0.1) is 0 Å². The van der Waals surface area contributed by atoms with Crippen LogP contribution in [-0.2, 0) is 0 Å². The first-order chi connectivity index (χ1) is 8.47. The van der Waals surface area contributed by atoms with Crippen LogP contribution < -0.4 is 10.1 Å². The van der Waals surface area contributed by atoms with Gasteiger partial charge in [0.2, 0.25) is 0 Å². The second-order valence-corrected chi connectivity index (χ2v) is 6.47. The van der Waals surface area contributed by atoms with Gasteiger partial charge in [0, 0.05) is 5.92 Å². The number of ether oxygens (including phenoxy) is 1. The van der Waals surface area contributed by atoms with E-state index in [-0.39, 0.29) is 5.19 Å². The molecule has 18 heavy (non-hydrogen) atoms. The predicted octanol–water partition coefficient (Wildman–Crippen LogP) is 3.21. The first-order valence-corrected chi connectivity index (χ1v) is 7.13. The molecule has 1 aliphatic heterocycles. The molecule has 0 amide bonds. The first-order valence-electron chi connectivity index (χ1n) is 5.52. The smallest absolute Gasteiger partial charge is 0.425 e. The molecule has 1 saturated heterocycles. The van der Waals surface area contributed by atoms with Crippen LogP contribution in [0.3, 0.4) is 0 Å². The lowest BCUT2D eigenvalue weighted by Crippen LogP contribution is -2.45. The highest BCUT2D eigenvalue weighted by molar-refractivity contribution is 9.11. The Labute approximate surface area is 115 Å². The Morgan fingerprint density at radius 3 is 2.61 bits per heavy atom. The van der Waals surface area contributed by atoms with Crippen molar-refractivity contribution in [2.45, 2.75) is 25.1 Å². The van der Waals surface area contributed by atoms with Crippen LogP contribution in [0.4, 0.5) is 13.2 Å². The molecular formula is C10H12BrF3N2OS. The van der Waals surface area contributed by atoms with E-state index >= 15 is 0 Å². The Kier molecular flexibility index (Phi) is 4.50. The average molecular weight is 345 g/mol. The van der Waals surface area contributed by atoms with Crippen LogP contribution in [-0.4, -0.2) is 30.4 Å². The van der Waals surface area contributed by atoms with Crippen LogP contribution in [0.2, 0.25) is 0 Å². The maximum atomic E-state index is 13.0. The number of thiazole rings is 1. The number of hydrogen-bond donors (Lipinski definition) is 1. The molecule has 102 valence electrons. The molecule has 0 bridgehead atoms. The summed E-state index contributed by atoms with van der Waals surface area (Å²) in [5, 5.41) is 3.10. The standard InChI is InChI=1S/C10H12BrF3N2OS/c11-7-5-16-9(18-7)17-8(10(12,13)14)6-1-3-15-4-2-6/h5-6,8,15H,1-4H2. The minimum atomic E-state index is -4.36. The Bertz CT molecular complexity index is 393. The van der Waals surface area contributed by atoms with Crippen molar-refractivity contribution in [1.82, 2.24) is 10.3 Å². The van der Waals surface area contributed by atoms with Crippen molar-refractivity contribution in [3.63, 3.8) is 0 Å². The maximum Gasteiger partial charge on any atom is 0.425 e. The van der Waals surface area contributed by atoms with Gasteiger partial charge in [0.05, 0.1) is 9.98 Å². The topological polar surface area (TPSA) is 34.1 Å². The summed E-state index contributed by atoms with van der Waals surface area (Å²) in [5.41, 5.74) is 0. The maximum absolute atomic E-state index is 13.0. The first kappa shape index (κ1) is 14.1. The van der Waals surface area contributed by atoms with Crippen LogP contribution in [0.1, 0.15) is 12.8 Å². The van der Waals surface area contributed by atoms with E-state index in [4.69, 9.17) is 4.74 Å². The van der Waals surface area contributed by atoms with Crippen molar-refractivity contribution in [3.8, 4) is 5.19 Å². The van der Waals surface area contributed by atoms with Crippen molar-refractivity contribution in [2.75, 3.05) is 13.1 Å². The summed E-state index contributed by atoms with van der Waals surface area (Å²) in [4.78, 5) is 3.80. The van der Waals surface area contributed by atoms with E-state index in [9.17, 15) is 13.2 Å². The van der Waals surface area contributed by atoms with Crippen molar-refractivity contribution in [3.05, 3.63) is 9.98 Å². The summed E-state index contributed by atoms with van der Waals surface area (Å²) in [6.45, 7) is 1.20. The van der Waals surface area contributed by atoms with Gasteiger partial charge in [0.1, 0.15) is 0 Å². The molecule has 0 aliphatic carbocycles. The summed E-state index contributed by atoms with van der Waals surface area (Å²) in [6, 6.07) is 0. The molecule has 2 rings (SSSR count). The van der Waals surface area contributed by atoms with E-state index in [1.807, 2.05) is 0 Å². The number of hydrogen-bond acceptors (Lipinski definition) is 4. The molecule has 0 aromatic carbocycles. The molecule has 2 heterocycles. The third kappa shape index (κ3) is 3.58. The Balaban J connectivity index is 2.09. The van der Waals surface area contributed by atoms with E-state index in [0.29, 0.717) is 29.7 Å². The zero-order valence-corrected chi connectivity index (χ0v) is 11.7. The lowest BCUT2D eigenvalue weighted by molar-refractivity contribution is -0.212. The molecular weight excluding hydrogens is 333 g/mol. The second kappa shape index (κ2) is 5.75. The molecule has 1 aromatic rings. The van der Waals surface area contributed by atoms with Gasteiger partial charge in [0.15, 0.2) is 6.10 Å². The Hall–Kier alpha value is -0.340. The van der Waals surface area contributed by atoms with Gasteiger partial charge >= 0.3 is 6.18 Å². The fourth-order valence-corrected chi connectivity index (χ4v) is 3.03. The second-order valence-electron chi connectivity index (χ2n) is 4.10. The number of nitrogens with zero attached hydrogens (tertiary/aromatic N) is 1. The third-order valence-electron chi connectivity index (χ3n) is 2.82. The lowest BCUT2D eigenvalue weighted by Gasteiger charge is -2.31. The van der Waals surface area contributed by atoms with Gasteiger partial charge in [-0.05, 0) is 41.9 Å². The Morgan fingerprint density at radius 2 is 2.11 bits per heavy atom. The molecule has 1 fully saturated rings. The lowest BCUT2D eigenvalue weighted by atomic mass is 9.92. The zero-order valence-electron chi connectivity index (χ0n) is 9.34. The van der Waals surface area contributed by atoms with Gasteiger partial charge < -0.3 is 10.1 Å². The highest BCUT2D eigenvalue weighted by Gasteiger charge is 2.47. The highest BCUT2D eigenvalue weighted by atomic mass is 79.9. The van der Waals surface area contributed by atoms with Gasteiger partial charge in [-0.3, -0.25) is 0 Å². The van der Waals surface area contributed by atoms with Gasteiger partial charge in [-0.1, -0.05) is 11.3 Å². The van der Waals surface area contributed by atoms with Crippen molar-refractivity contribution in [1.29, 1.82) is 0 Å². The van der Waals surface area contributed by atoms with E-state index in [2.05, 4.69) is 26.2 Å². The number of nitrogens with one attached hydrogen (secondary N) is 1. The molecule has 3 nitrogen and oxygen atoms in total. The normalized spacial score (nSPS) is 19.8. The Morgan fingerprint density at radius 1 is 1.44 bits per heavy atom. The zero-order chi connectivity index (χ0) is 13.2. The van der Waals surface area contributed by atoms with E-state index < -0.39 is 18.2 Å². The van der Waals surface area contributed by atoms with E-state index in [1.165, 1.54) is 6.20 Å². The molecule has 1 aliphatic rings. The molecule has 1 atom stereocenters. The van der Waals surface area contributed by atoms with Crippen LogP contribution >= 0.6 is 27.3 Å². The number of aromatic nitrogens is 1. The SMILES string of the molecule is FC(F)(F)C(Oc1ncc(Br)s1)C1CCNCC1. The minimum absolute atomic E-state index is 0.0581. The summed E-state index contributed by atoms with van der Waals surface area (Å²) < 4.78 is 44.8. The van der Waals surface area contributed by atoms with Gasteiger partial charge in [-0.25, -0.2) is 4.98 Å². The molecule has 0 spiro atoms. The number of rotatable bonds is 3. The molecule has 0 radical (unpaired) electrons. The number of piperidine rings is 1.